The van der Waals surface area contributed by atoms with Crippen LogP contribution in [0.3, 0.4) is 0 Å². The first-order valence-corrected chi connectivity index (χ1v) is 12.9. The Balaban J connectivity index is 1.10. The number of amides is 2. The highest BCUT2D eigenvalue weighted by atomic mass is 16.3. The molecule has 2 aliphatic rings. The molecule has 0 bridgehead atoms. The minimum atomic E-state index is -0.382. The fourth-order valence-electron chi connectivity index (χ4n) is 5.20. The standard InChI is InChI=1S/C26H29N9O3/c27-24-30-25(31-26-29-21(32-35(24)26)20-9-5-15-38-20)34-12-4-8-19(34)23(37)33-13-10-18(11-14-33)22(36)28-16-17-6-2-1-3-7-17/h1-3,5-7,9,15,18-19H,4,8,10-14,16H2,(H,28,36)(H2,27,29,30,31,32)/t19-/m0/s1. The zero-order valence-corrected chi connectivity index (χ0v) is 20.9. The number of nitrogens with zero attached hydrogens (tertiary/aromatic N) is 7. The van der Waals surface area contributed by atoms with E-state index >= 15 is 0 Å². The molecule has 2 amide bonds. The molecule has 38 heavy (non-hydrogen) atoms. The molecule has 4 aromatic rings. The van der Waals surface area contributed by atoms with Crippen LogP contribution in [0.4, 0.5) is 11.9 Å². The second kappa shape index (κ2) is 10.1. The van der Waals surface area contributed by atoms with E-state index in [1.54, 1.807) is 18.4 Å². The van der Waals surface area contributed by atoms with Gasteiger partial charge in [-0.25, -0.2) is 0 Å². The second-order valence-electron chi connectivity index (χ2n) is 9.66. The third kappa shape index (κ3) is 4.64. The molecule has 0 aliphatic carbocycles. The molecule has 1 atom stereocenters. The summed E-state index contributed by atoms with van der Waals surface area (Å²) < 4.78 is 6.74. The van der Waals surface area contributed by atoms with Gasteiger partial charge in [0.05, 0.1) is 6.26 Å². The maximum absolute atomic E-state index is 13.5. The number of nitrogens with one attached hydrogen (secondary N) is 1. The Bertz CT molecular complexity index is 1430. The van der Waals surface area contributed by atoms with Crippen molar-refractivity contribution < 1.29 is 14.0 Å². The van der Waals surface area contributed by atoms with Gasteiger partial charge in [-0.15, -0.1) is 5.10 Å². The summed E-state index contributed by atoms with van der Waals surface area (Å²) in [5.74, 6) is 1.63. The first-order valence-electron chi connectivity index (χ1n) is 12.9. The lowest BCUT2D eigenvalue weighted by molar-refractivity contribution is -0.136. The molecular formula is C26H29N9O3. The molecule has 6 rings (SSSR count). The lowest BCUT2D eigenvalue weighted by Crippen LogP contribution is -2.50. The van der Waals surface area contributed by atoms with E-state index in [1.807, 2.05) is 40.1 Å². The van der Waals surface area contributed by atoms with Gasteiger partial charge in [-0.05, 0) is 43.4 Å². The number of carbonyl (C=O) groups excluding carboxylic acids is 2. The molecule has 0 spiro atoms. The monoisotopic (exact) mass is 515 g/mol. The van der Waals surface area contributed by atoms with E-state index in [0.717, 1.165) is 12.0 Å². The van der Waals surface area contributed by atoms with Gasteiger partial charge in [0.15, 0.2) is 5.76 Å². The van der Waals surface area contributed by atoms with Gasteiger partial charge in [0.25, 0.3) is 5.78 Å². The number of nitrogen functional groups attached to an aromatic ring is 1. The summed E-state index contributed by atoms with van der Waals surface area (Å²) in [5.41, 5.74) is 7.25. The van der Waals surface area contributed by atoms with Gasteiger partial charge < -0.3 is 25.3 Å². The van der Waals surface area contributed by atoms with Crippen LogP contribution in [0.15, 0.2) is 53.1 Å². The van der Waals surface area contributed by atoms with Crippen LogP contribution in [0, 0.1) is 5.92 Å². The van der Waals surface area contributed by atoms with Gasteiger partial charge in [-0.1, -0.05) is 30.3 Å². The number of rotatable bonds is 6. The SMILES string of the molecule is Nc1nc(N2CCC[C@H]2C(=O)N2CCC(C(=O)NCc3ccccc3)CC2)nc2nc(-c3ccco3)nn12. The topological polar surface area (TPSA) is 148 Å². The van der Waals surface area contributed by atoms with Gasteiger partial charge in [0, 0.05) is 32.1 Å². The number of carbonyl (C=O) groups is 2. The zero-order chi connectivity index (χ0) is 26.1. The van der Waals surface area contributed by atoms with E-state index in [4.69, 9.17) is 10.2 Å². The molecule has 3 aromatic heterocycles. The van der Waals surface area contributed by atoms with Crippen molar-refractivity contribution >= 4 is 29.5 Å². The van der Waals surface area contributed by atoms with Crippen LogP contribution in [0.5, 0.6) is 0 Å². The average molecular weight is 516 g/mol. The number of fused-ring (bicyclic) bond motifs is 1. The van der Waals surface area contributed by atoms with Crippen molar-refractivity contribution in [2.45, 2.75) is 38.3 Å². The number of aromatic nitrogens is 5. The van der Waals surface area contributed by atoms with Gasteiger partial charge in [0.1, 0.15) is 6.04 Å². The fraction of sp³-hybridized carbons (Fsp3) is 0.385. The minimum absolute atomic E-state index is 0.0328. The van der Waals surface area contributed by atoms with Crippen molar-refractivity contribution in [2.75, 3.05) is 30.3 Å². The molecule has 12 heteroatoms. The smallest absolute Gasteiger partial charge is 0.259 e. The Morgan fingerprint density at radius 2 is 1.82 bits per heavy atom. The lowest BCUT2D eigenvalue weighted by atomic mass is 9.95. The van der Waals surface area contributed by atoms with Crippen LogP contribution in [0.25, 0.3) is 17.4 Å². The quantitative estimate of drug-likeness (QED) is 0.393. The maximum Gasteiger partial charge on any atom is 0.259 e. The second-order valence-corrected chi connectivity index (χ2v) is 9.66. The van der Waals surface area contributed by atoms with Crippen LogP contribution >= 0.6 is 0 Å². The minimum Gasteiger partial charge on any atom is -0.461 e. The first-order chi connectivity index (χ1) is 18.6. The van der Waals surface area contributed by atoms with Gasteiger partial charge in [0.2, 0.25) is 29.5 Å². The van der Waals surface area contributed by atoms with Crippen LogP contribution in [-0.2, 0) is 16.1 Å². The molecule has 0 radical (unpaired) electrons. The van der Waals surface area contributed by atoms with Crippen molar-refractivity contribution in [1.29, 1.82) is 0 Å². The number of likely N-dealkylation sites (tertiary alicyclic amines) is 1. The van der Waals surface area contributed by atoms with Crippen molar-refractivity contribution in [3.63, 3.8) is 0 Å². The number of benzene rings is 1. The number of hydrogen-bond acceptors (Lipinski definition) is 9. The molecule has 0 unspecified atom stereocenters. The first kappa shape index (κ1) is 23.9. The molecule has 5 heterocycles. The van der Waals surface area contributed by atoms with Gasteiger partial charge >= 0.3 is 0 Å². The Morgan fingerprint density at radius 3 is 2.58 bits per heavy atom. The summed E-state index contributed by atoms with van der Waals surface area (Å²) in [7, 11) is 0. The van der Waals surface area contributed by atoms with Gasteiger partial charge in [-0.3, -0.25) is 9.59 Å². The van der Waals surface area contributed by atoms with E-state index in [0.29, 0.717) is 68.8 Å². The summed E-state index contributed by atoms with van der Waals surface area (Å²) in [5, 5.41) is 7.37. The van der Waals surface area contributed by atoms with Crippen molar-refractivity contribution in [2.24, 2.45) is 5.92 Å². The van der Waals surface area contributed by atoms with Crippen molar-refractivity contribution in [3.05, 3.63) is 54.3 Å². The van der Waals surface area contributed by atoms with E-state index in [2.05, 4.69) is 25.4 Å². The van der Waals surface area contributed by atoms with Crippen LogP contribution in [-0.4, -0.2) is 67.0 Å². The molecule has 2 saturated heterocycles. The predicted octanol–water partition coefficient (Wildman–Crippen LogP) is 1.89. The molecule has 3 N–H and O–H groups in total. The summed E-state index contributed by atoms with van der Waals surface area (Å²) in [6.07, 6.45) is 4.37. The fourth-order valence-corrected chi connectivity index (χ4v) is 5.20. The van der Waals surface area contributed by atoms with Crippen LogP contribution < -0.4 is 16.0 Å². The van der Waals surface area contributed by atoms with E-state index in [1.165, 1.54) is 4.52 Å². The summed E-state index contributed by atoms with van der Waals surface area (Å²) in [6, 6.07) is 13.0. The molecule has 12 nitrogen and oxygen atoms in total. The van der Waals surface area contributed by atoms with E-state index in [-0.39, 0.29) is 29.7 Å². The molecule has 2 fully saturated rings. The highest BCUT2D eigenvalue weighted by Gasteiger charge is 2.37. The number of furan rings is 1. The molecule has 2 aliphatic heterocycles. The number of nitrogens with two attached hydrogens (primary N) is 1. The van der Waals surface area contributed by atoms with E-state index in [9.17, 15) is 9.59 Å². The zero-order valence-electron chi connectivity index (χ0n) is 20.9. The van der Waals surface area contributed by atoms with Crippen molar-refractivity contribution in [3.8, 4) is 11.6 Å². The lowest BCUT2D eigenvalue weighted by Gasteiger charge is -2.35. The average Bonchev–Trinajstić information content (AvgIpc) is 3.72. The molecule has 0 saturated carbocycles. The molecular weight excluding hydrogens is 486 g/mol. The van der Waals surface area contributed by atoms with Crippen molar-refractivity contribution in [1.82, 2.24) is 34.8 Å². The number of hydrogen-bond donors (Lipinski definition) is 2. The Morgan fingerprint density at radius 1 is 1.00 bits per heavy atom. The summed E-state index contributed by atoms with van der Waals surface area (Å²) in [6.45, 7) is 2.25. The normalized spacial score (nSPS) is 18.3. The Labute approximate surface area is 218 Å². The number of anilines is 2. The third-order valence-corrected chi connectivity index (χ3v) is 7.24. The number of piperidine rings is 1. The Kier molecular flexibility index (Phi) is 6.36. The van der Waals surface area contributed by atoms with Crippen LogP contribution in [0.1, 0.15) is 31.2 Å². The molecule has 1 aromatic carbocycles. The predicted molar refractivity (Wildman–Crippen MR) is 139 cm³/mol. The maximum atomic E-state index is 13.5. The highest BCUT2D eigenvalue weighted by Crippen LogP contribution is 2.27. The van der Waals surface area contributed by atoms with Gasteiger partial charge in [-0.2, -0.15) is 19.5 Å². The summed E-state index contributed by atoms with van der Waals surface area (Å²) >= 11 is 0. The Hall–Kier alpha value is -4.48. The highest BCUT2D eigenvalue weighted by molar-refractivity contribution is 5.86. The van der Waals surface area contributed by atoms with Crippen LogP contribution in [0.2, 0.25) is 0 Å². The van der Waals surface area contributed by atoms with E-state index < -0.39 is 0 Å². The largest absolute Gasteiger partial charge is 0.461 e. The third-order valence-electron chi connectivity index (χ3n) is 7.24. The molecule has 196 valence electrons. The summed E-state index contributed by atoms with van der Waals surface area (Å²) in [4.78, 5) is 43.4.